The number of hydrogen-bond donors (Lipinski definition) is 1. The SMILES string of the molecule is O=C1c2cccnc2[C@H](O)CCC1c1cccc(F)c1F. The van der Waals surface area contributed by atoms with Gasteiger partial charge in [-0.05, 0) is 31.0 Å². The lowest BCUT2D eigenvalue weighted by atomic mass is 9.88. The Hall–Kier alpha value is -2.14. The van der Waals surface area contributed by atoms with Crippen molar-refractivity contribution < 1.29 is 18.7 Å². The Morgan fingerprint density at radius 1 is 1.14 bits per heavy atom. The van der Waals surface area contributed by atoms with Crippen molar-refractivity contribution in [3.05, 3.63) is 65.0 Å². The predicted molar refractivity (Wildman–Crippen MR) is 71.9 cm³/mol. The molecule has 3 nitrogen and oxygen atoms in total. The zero-order valence-electron chi connectivity index (χ0n) is 11.1. The van der Waals surface area contributed by atoms with Gasteiger partial charge in [0, 0.05) is 17.3 Å². The molecule has 1 heterocycles. The summed E-state index contributed by atoms with van der Waals surface area (Å²) in [6, 6.07) is 6.96. The average Bonchev–Trinajstić information content (AvgIpc) is 2.62. The minimum absolute atomic E-state index is 0.0314. The lowest BCUT2D eigenvalue weighted by Crippen LogP contribution is -2.14. The smallest absolute Gasteiger partial charge is 0.172 e. The van der Waals surface area contributed by atoms with Crippen LogP contribution in [0.2, 0.25) is 0 Å². The van der Waals surface area contributed by atoms with Crippen LogP contribution in [0.25, 0.3) is 0 Å². The number of carbonyl (C=O) groups excluding carboxylic acids is 1. The molecule has 0 aliphatic heterocycles. The van der Waals surface area contributed by atoms with E-state index in [1.54, 1.807) is 12.1 Å². The molecule has 0 spiro atoms. The normalized spacial score (nSPS) is 21.8. The van der Waals surface area contributed by atoms with Crippen molar-refractivity contribution in [3.8, 4) is 0 Å². The Balaban J connectivity index is 2.10. The molecule has 1 aliphatic carbocycles. The van der Waals surface area contributed by atoms with E-state index in [0.29, 0.717) is 5.69 Å². The summed E-state index contributed by atoms with van der Waals surface area (Å²) in [5.74, 6) is -3.12. The van der Waals surface area contributed by atoms with E-state index >= 15 is 0 Å². The number of aliphatic hydroxyl groups excluding tert-OH is 1. The van der Waals surface area contributed by atoms with Crippen molar-refractivity contribution >= 4 is 5.78 Å². The molecule has 1 unspecified atom stereocenters. The van der Waals surface area contributed by atoms with E-state index in [2.05, 4.69) is 4.98 Å². The maximum atomic E-state index is 14.0. The van der Waals surface area contributed by atoms with Crippen LogP contribution in [0.1, 0.15) is 46.5 Å². The monoisotopic (exact) mass is 289 g/mol. The molecule has 0 bridgehead atoms. The summed E-state index contributed by atoms with van der Waals surface area (Å²) in [5.41, 5.74) is 0.613. The van der Waals surface area contributed by atoms with Gasteiger partial charge in [-0.1, -0.05) is 12.1 Å². The maximum absolute atomic E-state index is 14.0. The summed E-state index contributed by atoms with van der Waals surface area (Å²) >= 11 is 0. The molecule has 108 valence electrons. The second-order valence-corrected chi connectivity index (χ2v) is 5.09. The quantitative estimate of drug-likeness (QED) is 0.820. The topological polar surface area (TPSA) is 50.2 Å². The summed E-state index contributed by atoms with van der Waals surface area (Å²) in [4.78, 5) is 16.6. The molecule has 5 heteroatoms. The number of fused-ring (bicyclic) bond motifs is 1. The molecule has 21 heavy (non-hydrogen) atoms. The van der Waals surface area contributed by atoms with Crippen molar-refractivity contribution in [1.82, 2.24) is 4.98 Å². The number of rotatable bonds is 1. The third-order valence-corrected chi connectivity index (χ3v) is 3.82. The molecule has 1 aromatic carbocycles. The van der Waals surface area contributed by atoms with Crippen LogP contribution in [0.4, 0.5) is 8.78 Å². The standard InChI is InChI=1S/C16H13F2NO2/c17-12-5-1-3-9(14(12)18)10-6-7-13(20)15-11(16(10)21)4-2-8-19-15/h1-5,8,10,13,20H,6-7H2/t10?,13-/m1/s1. The summed E-state index contributed by atoms with van der Waals surface area (Å²) in [6.45, 7) is 0. The van der Waals surface area contributed by atoms with E-state index in [4.69, 9.17) is 0 Å². The number of Topliss-reactive ketones (excluding diaryl/α,β-unsaturated/α-hetero) is 1. The lowest BCUT2D eigenvalue weighted by Gasteiger charge is -2.15. The zero-order valence-corrected chi connectivity index (χ0v) is 11.1. The molecule has 1 N–H and O–H groups in total. The van der Waals surface area contributed by atoms with Gasteiger partial charge in [-0.2, -0.15) is 0 Å². The number of hydrogen-bond acceptors (Lipinski definition) is 3. The Bertz CT molecular complexity index is 702. The number of benzene rings is 1. The van der Waals surface area contributed by atoms with E-state index in [1.165, 1.54) is 18.3 Å². The molecule has 1 aromatic heterocycles. The van der Waals surface area contributed by atoms with Crippen molar-refractivity contribution in [2.45, 2.75) is 24.9 Å². The molecule has 1 aliphatic rings. The van der Waals surface area contributed by atoms with Crippen molar-refractivity contribution in [3.63, 3.8) is 0 Å². The number of carbonyl (C=O) groups is 1. The van der Waals surface area contributed by atoms with Crippen LogP contribution in [0.15, 0.2) is 36.5 Å². The first kappa shape index (κ1) is 13.8. The number of aliphatic hydroxyl groups is 1. The largest absolute Gasteiger partial charge is 0.387 e. The van der Waals surface area contributed by atoms with E-state index in [1.807, 2.05) is 0 Å². The van der Waals surface area contributed by atoms with E-state index < -0.39 is 23.7 Å². The van der Waals surface area contributed by atoms with Gasteiger partial charge >= 0.3 is 0 Å². The summed E-state index contributed by atoms with van der Waals surface area (Å²) in [7, 11) is 0. The van der Waals surface area contributed by atoms with Crippen molar-refractivity contribution in [2.24, 2.45) is 0 Å². The Labute approximate surface area is 120 Å². The number of ketones is 1. The van der Waals surface area contributed by atoms with Crippen LogP contribution >= 0.6 is 0 Å². The second-order valence-electron chi connectivity index (χ2n) is 5.09. The Kier molecular flexibility index (Phi) is 3.51. The van der Waals surface area contributed by atoms with Gasteiger partial charge in [-0.25, -0.2) is 8.78 Å². The molecule has 0 radical (unpaired) electrons. The highest BCUT2D eigenvalue weighted by Gasteiger charge is 2.33. The highest BCUT2D eigenvalue weighted by Crippen LogP contribution is 2.36. The lowest BCUT2D eigenvalue weighted by molar-refractivity contribution is 0.0954. The first-order valence-electron chi connectivity index (χ1n) is 6.70. The Morgan fingerprint density at radius 2 is 1.95 bits per heavy atom. The first-order valence-corrected chi connectivity index (χ1v) is 6.70. The summed E-state index contributed by atoms with van der Waals surface area (Å²) in [5, 5.41) is 10.1. The summed E-state index contributed by atoms with van der Waals surface area (Å²) in [6.07, 6.45) is 1.15. The number of pyridine rings is 1. The van der Waals surface area contributed by atoms with Crippen LogP contribution in [0, 0.1) is 11.6 Å². The van der Waals surface area contributed by atoms with Gasteiger partial charge in [0.15, 0.2) is 17.4 Å². The van der Waals surface area contributed by atoms with Crippen LogP contribution in [-0.4, -0.2) is 15.9 Å². The molecule has 0 saturated heterocycles. The molecule has 2 aromatic rings. The first-order chi connectivity index (χ1) is 10.1. The number of aromatic nitrogens is 1. The minimum atomic E-state index is -1.00. The predicted octanol–water partition coefficient (Wildman–Crippen LogP) is 3.15. The third-order valence-electron chi connectivity index (χ3n) is 3.82. The fraction of sp³-hybridized carbons (Fsp3) is 0.250. The molecular weight excluding hydrogens is 276 g/mol. The van der Waals surface area contributed by atoms with Gasteiger partial charge in [-0.3, -0.25) is 9.78 Å². The van der Waals surface area contributed by atoms with Crippen LogP contribution in [-0.2, 0) is 0 Å². The van der Waals surface area contributed by atoms with Crippen LogP contribution < -0.4 is 0 Å². The van der Waals surface area contributed by atoms with Crippen molar-refractivity contribution in [1.29, 1.82) is 0 Å². The fourth-order valence-corrected chi connectivity index (χ4v) is 2.76. The molecular formula is C16H13F2NO2. The van der Waals surface area contributed by atoms with Crippen LogP contribution in [0.3, 0.4) is 0 Å². The zero-order chi connectivity index (χ0) is 15.0. The van der Waals surface area contributed by atoms with Gasteiger partial charge in [0.2, 0.25) is 0 Å². The molecule has 0 amide bonds. The molecule has 3 rings (SSSR count). The van der Waals surface area contributed by atoms with E-state index in [-0.39, 0.29) is 29.8 Å². The van der Waals surface area contributed by atoms with E-state index in [0.717, 1.165) is 6.07 Å². The maximum Gasteiger partial charge on any atom is 0.172 e. The second kappa shape index (κ2) is 5.33. The molecule has 2 atom stereocenters. The highest BCUT2D eigenvalue weighted by molar-refractivity contribution is 6.02. The fourth-order valence-electron chi connectivity index (χ4n) is 2.76. The minimum Gasteiger partial charge on any atom is -0.387 e. The van der Waals surface area contributed by atoms with E-state index in [9.17, 15) is 18.7 Å². The molecule has 0 fully saturated rings. The average molecular weight is 289 g/mol. The highest BCUT2D eigenvalue weighted by atomic mass is 19.2. The number of nitrogens with zero attached hydrogens (tertiary/aromatic N) is 1. The third kappa shape index (κ3) is 2.34. The Morgan fingerprint density at radius 3 is 2.76 bits per heavy atom. The van der Waals surface area contributed by atoms with Gasteiger partial charge in [0.25, 0.3) is 0 Å². The van der Waals surface area contributed by atoms with Gasteiger partial charge < -0.3 is 5.11 Å². The number of halogens is 2. The van der Waals surface area contributed by atoms with Gasteiger partial charge in [0.1, 0.15) is 0 Å². The van der Waals surface area contributed by atoms with Gasteiger partial charge in [-0.15, -0.1) is 0 Å². The van der Waals surface area contributed by atoms with Gasteiger partial charge in [0.05, 0.1) is 17.7 Å². The molecule has 0 saturated carbocycles. The van der Waals surface area contributed by atoms with Crippen LogP contribution in [0.5, 0.6) is 0 Å². The summed E-state index contributed by atoms with van der Waals surface area (Å²) < 4.78 is 27.3. The van der Waals surface area contributed by atoms with Crippen molar-refractivity contribution in [2.75, 3.05) is 0 Å².